The fourth-order valence-electron chi connectivity index (χ4n) is 3.96. The lowest BCUT2D eigenvalue weighted by Crippen LogP contribution is -2.31. The zero-order valence-electron chi connectivity index (χ0n) is 12.0. The second-order valence-corrected chi connectivity index (χ2v) is 8.12. The van der Waals surface area contributed by atoms with Crippen LogP contribution in [0.2, 0.25) is 0 Å². The molecule has 0 unspecified atom stereocenters. The third-order valence-electron chi connectivity index (χ3n) is 5.10. The molecule has 0 amide bonds. The van der Waals surface area contributed by atoms with E-state index in [0.29, 0.717) is 17.4 Å². The Kier molecular flexibility index (Phi) is 3.87. The summed E-state index contributed by atoms with van der Waals surface area (Å²) in [4.78, 5) is 0.379. The molecule has 20 heavy (non-hydrogen) atoms. The van der Waals surface area contributed by atoms with Gasteiger partial charge in [0.15, 0.2) is 0 Å². The summed E-state index contributed by atoms with van der Waals surface area (Å²) in [5.74, 6) is 2.17. The van der Waals surface area contributed by atoms with E-state index in [0.717, 1.165) is 17.4 Å². The van der Waals surface area contributed by atoms with Gasteiger partial charge in [-0.2, -0.15) is 0 Å². The normalized spacial score (nSPS) is 29.6. The SMILES string of the molecule is Cc1ccc(S(=O)(=O)NC[C@H]2CC[C@@H]3CCC[C@@H]32)cc1. The van der Waals surface area contributed by atoms with E-state index in [4.69, 9.17) is 0 Å². The van der Waals surface area contributed by atoms with Crippen LogP contribution in [-0.4, -0.2) is 15.0 Å². The highest BCUT2D eigenvalue weighted by atomic mass is 32.2. The molecule has 4 heteroatoms. The van der Waals surface area contributed by atoms with E-state index in [1.54, 1.807) is 12.1 Å². The summed E-state index contributed by atoms with van der Waals surface area (Å²) in [6.07, 6.45) is 6.46. The van der Waals surface area contributed by atoms with Crippen LogP contribution in [-0.2, 0) is 10.0 Å². The zero-order chi connectivity index (χ0) is 14.2. The highest BCUT2D eigenvalue weighted by Crippen LogP contribution is 2.47. The van der Waals surface area contributed by atoms with Crippen LogP contribution in [0.4, 0.5) is 0 Å². The van der Waals surface area contributed by atoms with E-state index in [-0.39, 0.29) is 0 Å². The molecule has 3 atom stereocenters. The summed E-state index contributed by atoms with van der Waals surface area (Å²) < 4.78 is 27.4. The van der Waals surface area contributed by atoms with Crippen molar-refractivity contribution in [3.63, 3.8) is 0 Å². The van der Waals surface area contributed by atoms with Crippen LogP contribution in [0.1, 0.15) is 37.7 Å². The van der Waals surface area contributed by atoms with Crippen molar-refractivity contribution in [1.82, 2.24) is 4.72 Å². The second-order valence-electron chi connectivity index (χ2n) is 6.36. The highest BCUT2D eigenvalue weighted by Gasteiger charge is 2.39. The van der Waals surface area contributed by atoms with Gasteiger partial charge in [0.2, 0.25) is 10.0 Å². The van der Waals surface area contributed by atoms with Crippen molar-refractivity contribution in [3.05, 3.63) is 29.8 Å². The van der Waals surface area contributed by atoms with Crippen LogP contribution in [0.15, 0.2) is 29.2 Å². The van der Waals surface area contributed by atoms with Crippen LogP contribution >= 0.6 is 0 Å². The van der Waals surface area contributed by atoms with Crippen molar-refractivity contribution in [2.45, 2.75) is 43.9 Å². The first-order valence-corrected chi connectivity index (χ1v) is 9.11. The molecule has 2 saturated carbocycles. The molecule has 1 N–H and O–H groups in total. The summed E-state index contributed by atoms with van der Waals surface area (Å²) in [5.41, 5.74) is 1.08. The van der Waals surface area contributed by atoms with Crippen LogP contribution in [0.3, 0.4) is 0 Å². The molecule has 0 aromatic heterocycles. The van der Waals surface area contributed by atoms with Crippen molar-refractivity contribution in [2.75, 3.05) is 6.54 Å². The summed E-state index contributed by atoms with van der Waals surface area (Å²) in [5, 5.41) is 0. The first-order chi connectivity index (χ1) is 9.56. The Morgan fingerprint density at radius 3 is 2.60 bits per heavy atom. The maximum atomic E-state index is 12.3. The van der Waals surface area contributed by atoms with Crippen LogP contribution in [0.25, 0.3) is 0 Å². The van der Waals surface area contributed by atoms with E-state index in [9.17, 15) is 8.42 Å². The average molecular weight is 293 g/mol. The van der Waals surface area contributed by atoms with Crippen LogP contribution in [0, 0.1) is 24.7 Å². The fourth-order valence-corrected chi connectivity index (χ4v) is 5.05. The lowest BCUT2D eigenvalue weighted by molar-refractivity contribution is 0.352. The van der Waals surface area contributed by atoms with Gasteiger partial charge in [0.05, 0.1) is 4.90 Å². The number of benzene rings is 1. The Hall–Kier alpha value is -0.870. The molecule has 2 aliphatic carbocycles. The molecule has 0 heterocycles. The smallest absolute Gasteiger partial charge is 0.211 e. The number of fused-ring (bicyclic) bond motifs is 1. The Morgan fingerprint density at radius 2 is 1.85 bits per heavy atom. The van der Waals surface area contributed by atoms with Gasteiger partial charge >= 0.3 is 0 Å². The van der Waals surface area contributed by atoms with Gasteiger partial charge in [-0.05, 0) is 56.1 Å². The topological polar surface area (TPSA) is 46.2 Å². The van der Waals surface area contributed by atoms with Gasteiger partial charge in [-0.15, -0.1) is 0 Å². The number of aryl methyl sites for hydroxylation is 1. The molecule has 0 spiro atoms. The van der Waals surface area contributed by atoms with Gasteiger partial charge in [0.1, 0.15) is 0 Å². The van der Waals surface area contributed by atoms with E-state index in [1.807, 2.05) is 19.1 Å². The Labute approximate surface area is 121 Å². The molecule has 1 aromatic carbocycles. The van der Waals surface area contributed by atoms with E-state index < -0.39 is 10.0 Å². The maximum absolute atomic E-state index is 12.3. The van der Waals surface area contributed by atoms with Gasteiger partial charge in [-0.25, -0.2) is 13.1 Å². The molecular weight excluding hydrogens is 270 g/mol. The Balaban J connectivity index is 1.64. The molecule has 110 valence electrons. The van der Waals surface area contributed by atoms with Gasteiger partial charge in [-0.3, -0.25) is 0 Å². The summed E-state index contributed by atoms with van der Waals surface area (Å²) in [6, 6.07) is 7.06. The van der Waals surface area contributed by atoms with Crippen molar-refractivity contribution in [1.29, 1.82) is 0 Å². The van der Waals surface area contributed by atoms with Crippen molar-refractivity contribution < 1.29 is 8.42 Å². The lowest BCUT2D eigenvalue weighted by atomic mass is 9.92. The number of hydrogen-bond donors (Lipinski definition) is 1. The molecule has 0 bridgehead atoms. The van der Waals surface area contributed by atoms with E-state index in [2.05, 4.69) is 4.72 Å². The molecule has 3 rings (SSSR count). The number of sulfonamides is 1. The predicted molar refractivity (Wildman–Crippen MR) is 79.9 cm³/mol. The quantitative estimate of drug-likeness (QED) is 0.927. The first kappa shape index (κ1) is 14.1. The number of rotatable bonds is 4. The minimum Gasteiger partial charge on any atom is -0.211 e. The van der Waals surface area contributed by atoms with Crippen LogP contribution < -0.4 is 4.72 Å². The fraction of sp³-hybridized carbons (Fsp3) is 0.625. The molecule has 2 aliphatic rings. The molecular formula is C16H23NO2S. The van der Waals surface area contributed by atoms with Crippen molar-refractivity contribution in [3.8, 4) is 0 Å². The largest absolute Gasteiger partial charge is 0.240 e. The van der Waals surface area contributed by atoms with E-state index in [1.165, 1.54) is 32.1 Å². The monoisotopic (exact) mass is 293 g/mol. The Morgan fingerprint density at radius 1 is 1.10 bits per heavy atom. The predicted octanol–water partition coefficient (Wildman–Crippen LogP) is 3.10. The molecule has 2 fully saturated rings. The minimum atomic E-state index is -3.34. The standard InChI is InChI=1S/C16H23NO2S/c1-12-5-9-15(10-6-12)20(18,19)17-11-14-8-7-13-3-2-4-16(13)14/h5-6,9-10,13-14,16-17H,2-4,7-8,11H2,1H3/t13-,14+,16-/m0/s1. The Bertz CT molecular complexity index is 565. The minimum absolute atomic E-state index is 0.379. The molecule has 0 aliphatic heterocycles. The highest BCUT2D eigenvalue weighted by molar-refractivity contribution is 7.89. The molecule has 0 saturated heterocycles. The summed E-state index contributed by atoms with van der Waals surface area (Å²) in [6.45, 7) is 2.57. The van der Waals surface area contributed by atoms with Gasteiger partial charge in [0, 0.05) is 6.54 Å². The van der Waals surface area contributed by atoms with Crippen LogP contribution in [0.5, 0.6) is 0 Å². The first-order valence-electron chi connectivity index (χ1n) is 7.62. The molecule has 0 radical (unpaired) electrons. The number of nitrogens with one attached hydrogen (secondary N) is 1. The number of hydrogen-bond acceptors (Lipinski definition) is 2. The van der Waals surface area contributed by atoms with Crippen molar-refractivity contribution in [2.24, 2.45) is 17.8 Å². The van der Waals surface area contributed by atoms with Gasteiger partial charge < -0.3 is 0 Å². The molecule has 3 nitrogen and oxygen atoms in total. The maximum Gasteiger partial charge on any atom is 0.240 e. The van der Waals surface area contributed by atoms with Gasteiger partial charge in [0.25, 0.3) is 0 Å². The molecule has 1 aromatic rings. The zero-order valence-corrected chi connectivity index (χ0v) is 12.8. The average Bonchev–Trinajstić information content (AvgIpc) is 3.00. The summed E-state index contributed by atoms with van der Waals surface area (Å²) in [7, 11) is -3.34. The van der Waals surface area contributed by atoms with Gasteiger partial charge in [-0.1, -0.05) is 30.5 Å². The lowest BCUT2D eigenvalue weighted by Gasteiger charge is -2.19. The summed E-state index contributed by atoms with van der Waals surface area (Å²) >= 11 is 0. The van der Waals surface area contributed by atoms with Crippen molar-refractivity contribution >= 4 is 10.0 Å². The third-order valence-corrected chi connectivity index (χ3v) is 6.54. The second kappa shape index (κ2) is 5.49. The third kappa shape index (κ3) is 2.77. The van der Waals surface area contributed by atoms with E-state index >= 15 is 0 Å².